The molecular formula is C16H24OS. The Labute approximate surface area is 115 Å². The maximum atomic E-state index is 10.3. The molecule has 3 atom stereocenters. The van der Waals surface area contributed by atoms with Gasteiger partial charge in [-0.2, -0.15) is 0 Å². The SMILES string of the molecule is CC(C)(C)[C@H]1CC[C@@H](Sc2ccccc2)[C@H](O)C1. The fraction of sp³-hybridized carbons (Fsp3) is 0.625. The van der Waals surface area contributed by atoms with Crippen molar-refractivity contribution in [2.45, 2.75) is 56.3 Å². The summed E-state index contributed by atoms with van der Waals surface area (Å²) < 4.78 is 0. The monoisotopic (exact) mass is 264 g/mol. The Hall–Kier alpha value is -0.470. The average molecular weight is 264 g/mol. The third kappa shape index (κ3) is 3.52. The minimum atomic E-state index is -0.159. The predicted molar refractivity (Wildman–Crippen MR) is 78.9 cm³/mol. The van der Waals surface area contributed by atoms with Gasteiger partial charge in [-0.15, -0.1) is 11.8 Å². The van der Waals surface area contributed by atoms with Crippen LogP contribution in [-0.4, -0.2) is 16.5 Å². The maximum absolute atomic E-state index is 10.3. The van der Waals surface area contributed by atoms with E-state index in [9.17, 15) is 5.11 Å². The van der Waals surface area contributed by atoms with Gasteiger partial charge >= 0.3 is 0 Å². The highest BCUT2D eigenvalue weighted by Crippen LogP contribution is 2.42. The van der Waals surface area contributed by atoms with Crippen LogP contribution in [0.2, 0.25) is 0 Å². The van der Waals surface area contributed by atoms with E-state index >= 15 is 0 Å². The molecule has 1 aliphatic rings. The van der Waals surface area contributed by atoms with Gasteiger partial charge in [-0.1, -0.05) is 39.0 Å². The van der Waals surface area contributed by atoms with Crippen LogP contribution in [-0.2, 0) is 0 Å². The van der Waals surface area contributed by atoms with Gasteiger partial charge in [0.05, 0.1) is 6.10 Å². The van der Waals surface area contributed by atoms with Crippen molar-refractivity contribution in [3.8, 4) is 0 Å². The number of thioether (sulfide) groups is 1. The Morgan fingerprint density at radius 1 is 1.11 bits per heavy atom. The van der Waals surface area contributed by atoms with E-state index in [4.69, 9.17) is 0 Å². The molecule has 1 N–H and O–H groups in total. The molecule has 1 aromatic carbocycles. The van der Waals surface area contributed by atoms with Crippen molar-refractivity contribution < 1.29 is 5.11 Å². The number of hydrogen-bond acceptors (Lipinski definition) is 2. The molecule has 100 valence electrons. The molecule has 0 aromatic heterocycles. The maximum Gasteiger partial charge on any atom is 0.0665 e. The summed E-state index contributed by atoms with van der Waals surface area (Å²) in [6.07, 6.45) is 3.16. The molecule has 0 aliphatic heterocycles. The molecule has 1 aromatic rings. The van der Waals surface area contributed by atoms with Gasteiger partial charge in [0.1, 0.15) is 0 Å². The molecule has 0 unspecified atom stereocenters. The van der Waals surface area contributed by atoms with Gasteiger partial charge in [-0.25, -0.2) is 0 Å². The van der Waals surface area contributed by atoms with Gasteiger partial charge in [-0.05, 0) is 42.7 Å². The van der Waals surface area contributed by atoms with Gasteiger partial charge in [0.2, 0.25) is 0 Å². The Morgan fingerprint density at radius 2 is 1.78 bits per heavy atom. The van der Waals surface area contributed by atoms with Crippen LogP contribution >= 0.6 is 11.8 Å². The van der Waals surface area contributed by atoms with Crippen molar-refractivity contribution in [2.75, 3.05) is 0 Å². The fourth-order valence-electron chi connectivity index (χ4n) is 2.72. The smallest absolute Gasteiger partial charge is 0.0665 e. The summed E-state index contributed by atoms with van der Waals surface area (Å²) in [6.45, 7) is 6.86. The summed E-state index contributed by atoms with van der Waals surface area (Å²) in [6, 6.07) is 10.4. The second kappa shape index (κ2) is 5.66. The zero-order valence-corrected chi connectivity index (χ0v) is 12.4. The lowest BCUT2D eigenvalue weighted by molar-refractivity contribution is 0.0637. The molecule has 0 heterocycles. The van der Waals surface area contributed by atoms with Crippen molar-refractivity contribution in [3.05, 3.63) is 30.3 Å². The molecule has 2 heteroatoms. The highest BCUT2D eigenvalue weighted by molar-refractivity contribution is 8.00. The molecule has 0 saturated heterocycles. The van der Waals surface area contributed by atoms with Crippen molar-refractivity contribution in [1.29, 1.82) is 0 Å². The first kappa shape index (κ1) is 14.0. The lowest BCUT2D eigenvalue weighted by Crippen LogP contribution is -2.36. The molecule has 0 bridgehead atoms. The van der Waals surface area contributed by atoms with Crippen LogP contribution in [0, 0.1) is 11.3 Å². The highest BCUT2D eigenvalue weighted by atomic mass is 32.2. The van der Waals surface area contributed by atoms with Crippen LogP contribution in [0.15, 0.2) is 35.2 Å². The Kier molecular flexibility index (Phi) is 4.39. The first-order valence-electron chi connectivity index (χ1n) is 6.86. The van der Waals surface area contributed by atoms with E-state index in [-0.39, 0.29) is 6.10 Å². The summed E-state index contributed by atoms with van der Waals surface area (Å²) in [5.74, 6) is 0.653. The van der Waals surface area contributed by atoms with Gasteiger partial charge < -0.3 is 5.11 Å². The van der Waals surface area contributed by atoms with Crippen LogP contribution in [0.4, 0.5) is 0 Å². The molecule has 1 nitrogen and oxygen atoms in total. The van der Waals surface area contributed by atoms with Gasteiger partial charge in [0.15, 0.2) is 0 Å². The van der Waals surface area contributed by atoms with Crippen molar-refractivity contribution >= 4 is 11.8 Å². The van der Waals surface area contributed by atoms with Crippen molar-refractivity contribution in [2.24, 2.45) is 11.3 Å². The quantitative estimate of drug-likeness (QED) is 0.856. The number of hydrogen-bond donors (Lipinski definition) is 1. The van der Waals surface area contributed by atoms with Gasteiger partial charge in [0, 0.05) is 10.1 Å². The zero-order chi connectivity index (χ0) is 13.2. The molecule has 1 saturated carbocycles. The summed E-state index contributed by atoms with van der Waals surface area (Å²) in [4.78, 5) is 1.27. The molecule has 0 amide bonds. The molecule has 1 fully saturated rings. The van der Waals surface area contributed by atoms with Crippen LogP contribution in [0.1, 0.15) is 40.0 Å². The minimum Gasteiger partial charge on any atom is -0.392 e. The Morgan fingerprint density at radius 3 is 2.33 bits per heavy atom. The van der Waals surface area contributed by atoms with Crippen LogP contribution in [0.3, 0.4) is 0 Å². The molecule has 0 radical (unpaired) electrons. The van der Waals surface area contributed by atoms with Crippen LogP contribution < -0.4 is 0 Å². The summed E-state index contributed by atoms with van der Waals surface area (Å²) >= 11 is 1.84. The number of aliphatic hydroxyl groups is 1. The largest absolute Gasteiger partial charge is 0.392 e. The number of benzene rings is 1. The standard InChI is InChI=1S/C16H24OS/c1-16(2,3)12-9-10-15(14(17)11-12)18-13-7-5-4-6-8-13/h4-8,12,14-15,17H,9-11H2,1-3H3/t12-,14+,15+/m0/s1. The summed E-state index contributed by atoms with van der Waals surface area (Å²) in [5.41, 5.74) is 0.323. The van der Waals surface area contributed by atoms with E-state index in [0.717, 1.165) is 12.8 Å². The third-order valence-electron chi connectivity index (χ3n) is 4.01. The Balaban J connectivity index is 1.94. The van der Waals surface area contributed by atoms with Crippen LogP contribution in [0.5, 0.6) is 0 Å². The molecule has 18 heavy (non-hydrogen) atoms. The van der Waals surface area contributed by atoms with Gasteiger partial charge in [-0.3, -0.25) is 0 Å². The highest BCUT2D eigenvalue weighted by Gasteiger charge is 2.35. The van der Waals surface area contributed by atoms with E-state index in [1.54, 1.807) is 0 Å². The number of rotatable bonds is 2. The third-order valence-corrected chi connectivity index (χ3v) is 5.41. The topological polar surface area (TPSA) is 20.2 Å². The molecule has 2 rings (SSSR count). The Bertz CT molecular complexity index is 368. The lowest BCUT2D eigenvalue weighted by atomic mass is 9.71. The van der Waals surface area contributed by atoms with E-state index in [1.807, 2.05) is 17.8 Å². The normalized spacial score (nSPS) is 29.2. The van der Waals surface area contributed by atoms with E-state index in [0.29, 0.717) is 16.6 Å². The van der Waals surface area contributed by atoms with Crippen molar-refractivity contribution in [3.63, 3.8) is 0 Å². The number of aliphatic hydroxyl groups excluding tert-OH is 1. The zero-order valence-electron chi connectivity index (χ0n) is 11.6. The second-order valence-electron chi connectivity index (χ2n) is 6.41. The summed E-state index contributed by atoms with van der Waals surface area (Å²) in [7, 11) is 0. The first-order valence-corrected chi connectivity index (χ1v) is 7.74. The predicted octanol–water partition coefficient (Wildman–Crippen LogP) is 4.35. The summed E-state index contributed by atoms with van der Waals surface area (Å²) in [5, 5.41) is 10.7. The second-order valence-corrected chi connectivity index (χ2v) is 7.73. The molecule has 1 aliphatic carbocycles. The fourth-order valence-corrected chi connectivity index (χ4v) is 3.90. The van der Waals surface area contributed by atoms with Crippen LogP contribution in [0.25, 0.3) is 0 Å². The van der Waals surface area contributed by atoms with Gasteiger partial charge in [0.25, 0.3) is 0 Å². The van der Waals surface area contributed by atoms with E-state index in [2.05, 4.69) is 45.0 Å². The minimum absolute atomic E-state index is 0.159. The molecular weight excluding hydrogens is 240 g/mol. The molecule has 0 spiro atoms. The first-order chi connectivity index (χ1) is 8.47. The van der Waals surface area contributed by atoms with E-state index in [1.165, 1.54) is 11.3 Å². The lowest BCUT2D eigenvalue weighted by Gasteiger charge is -2.39. The van der Waals surface area contributed by atoms with E-state index < -0.39 is 0 Å². The average Bonchev–Trinajstić information content (AvgIpc) is 2.32. The van der Waals surface area contributed by atoms with Crippen molar-refractivity contribution in [1.82, 2.24) is 0 Å².